The molecule has 0 bridgehead atoms. The van der Waals surface area contributed by atoms with Gasteiger partial charge >= 0.3 is 0 Å². The minimum absolute atomic E-state index is 0.156. The van der Waals surface area contributed by atoms with Crippen LogP contribution in [0, 0.1) is 0 Å². The highest BCUT2D eigenvalue weighted by Gasteiger charge is 2.42. The molecule has 0 spiro atoms. The first-order valence-corrected chi connectivity index (χ1v) is 7.45. The molecule has 3 rings (SSSR count). The van der Waals surface area contributed by atoms with Crippen molar-refractivity contribution < 1.29 is 9.59 Å². The monoisotopic (exact) mass is 265 g/mol. The van der Waals surface area contributed by atoms with Gasteiger partial charge in [-0.3, -0.25) is 9.59 Å². The molecule has 3 aliphatic heterocycles. The molecule has 0 aliphatic carbocycles. The Hall–Kier alpha value is -1.10. The van der Waals surface area contributed by atoms with E-state index < -0.39 is 0 Å². The molecular formula is C14H23N3O2. The highest BCUT2D eigenvalue weighted by molar-refractivity contribution is 5.95. The molecule has 0 aromatic rings. The molecule has 3 fully saturated rings. The molecule has 0 radical (unpaired) electrons. The third-order valence-corrected chi connectivity index (χ3v) is 4.83. The Kier molecular flexibility index (Phi) is 3.48. The van der Waals surface area contributed by atoms with E-state index in [1.165, 1.54) is 0 Å². The SMILES string of the molecule is CN1CCC(N2CC(=O)N3CCCCC3C2=O)CC1. The highest BCUT2D eigenvalue weighted by Crippen LogP contribution is 2.26. The number of nitrogens with zero attached hydrogens (tertiary/aromatic N) is 3. The van der Waals surface area contributed by atoms with Crippen LogP contribution >= 0.6 is 0 Å². The van der Waals surface area contributed by atoms with E-state index in [0.717, 1.165) is 51.7 Å². The standard InChI is InChI=1S/C14H23N3O2/c1-15-8-5-11(6-9-15)17-10-13(18)16-7-3-2-4-12(16)14(17)19/h11-12H,2-10H2,1H3. The number of fused-ring (bicyclic) bond motifs is 1. The molecule has 5 nitrogen and oxygen atoms in total. The van der Waals surface area contributed by atoms with Gasteiger partial charge in [-0.2, -0.15) is 0 Å². The third-order valence-electron chi connectivity index (χ3n) is 4.83. The fourth-order valence-electron chi connectivity index (χ4n) is 3.61. The van der Waals surface area contributed by atoms with Crippen LogP contribution in [0.5, 0.6) is 0 Å². The van der Waals surface area contributed by atoms with Crippen molar-refractivity contribution in [2.45, 2.75) is 44.2 Å². The number of likely N-dealkylation sites (tertiary alicyclic amines) is 1. The average molecular weight is 265 g/mol. The van der Waals surface area contributed by atoms with Crippen LogP contribution in [0.3, 0.4) is 0 Å². The fourth-order valence-corrected chi connectivity index (χ4v) is 3.61. The van der Waals surface area contributed by atoms with E-state index in [4.69, 9.17) is 0 Å². The highest BCUT2D eigenvalue weighted by atomic mass is 16.2. The number of piperazine rings is 1. The second kappa shape index (κ2) is 5.12. The zero-order valence-electron chi connectivity index (χ0n) is 11.7. The van der Waals surface area contributed by atoms with Gasteiger partial charge in [0.05, 0.1) is 0 Å². The third kappa shape index (κ3) is 2.36. The topological polar surface area (TPSA) is 43.9 Å². The van der Waals surface area contributed by atoms with Crippen molar-refractivity contribution >= 4 is 11.8 Å². The van der Waals surface area contributed by atoms with Crippen LogP contribution in [0.25, 0.3) is 0 Å². The van der Waals surface area contributed by atoms with E-state index in [1.54, 1.807) is 0 Å². The minimum atomic E-state index is -0.158. The lowest BCUT2D eigenvalue weighted by molar-refractivity contribution is -0.160. The zero-order valence-corrected chi connectivity index (χ0v) is 11.7. The second-order valence-corrected chi connectivity index (χ2v) is 6.10. The summed E-state index contributed by atoms with van der Waals surface area (Å²) in [5, 5.41) is 0. The Labute approximate surface area is 114 Å². The van der Waals surface area contributed by atoms with Crippen LogP contribution in [0.1, 0.15) is 32.1 Å². The largest absolute Gasteiger partial charge is 0.329 e. The first-order valence-electron chi connectivity index (χ1n) is 7.45. The smallest absolute Gasteiger partial charge is 0.246 e. The molecule has 106 valence electrons. The maximum absolute atomic E-state index is 12.6. The summed E-state index contributed by atoms with van der Waals surface area (Å²) in [6.45, 7) is 3.13. The van der Waals surface area contributed by atoms with Gasteiger partial charge < -0.3 is 14.7 Å². The van der Waals surface area contributed by atoms with E-state index in [1.807, 2.05) is 9.80 Å². The maximum Gasteiger partial charge on any atom is 0.246 e. The van der Waals surface area contributed by atoms with Gasteiger partial charge in [-0.1, -0.05) is 0 Å². The van der Waals surface area contributed by atoms with Gasteiger partial charge in [0.25, 0.3) is 0 Å². The summed E-state index contributed by atoms with van der Waals surface area (Å²) in [5.41, 5.74) is 0. The van der Waals surface area contributed by atoms with Crippen molar-refractivity contribution in [3.63, 3.8) is 0 Å². The number of hydrogen-bond acceptors (Lipinski definition) is 3. The summed E-state index contributed by atoms with van der Waals surface area (Å²) in [5.74, 6) is 0.358. The Morgan fingerprint density at radius 1 is 0.947 bits per heavy atom. The van der Waals surface area contributed by atoms with E-state index in [0.29, 0.717) is 6.54 Å². The molecule has 1 atom stereocenters. The van der Waals surface area contributed by atoms with Gasteiger partial charge in [-0.15, -0.1) is 0 Å². The number of amides is 2. The summed E-state index contributed by atoms with van der Waals surface area (Å²) in [4.78, 5) is 30.8. The Balaban J connectivity index is 1.72. The molecule has 19 heavy (non-hydrogen) atoms. The lowest BCUT2D eigenvalue weighted by Crippen LogP contribution is -2.64. The molecule has 0 N–H and O–H groups in total. The second-order valence-electron chi connectivity index (χ2n) is 6.10. The van der Waals surface area contributed by atoms with Crippen molar-refractivity contribution in [3.05, 3.63) is 0 Å². The van der Waals surface area contributed by atoms with Crippen molar-refractivity contribution in [1.82, 2.24) is 14.7 Å². The van der Waals surface area contributed by atoms with Crippen molar-refractivity contribution in [2.24, 2.45) is 0 Å². The summed E-state index contributed by atoms with van der Waals surface area (Å²) < 4.78 is 0. The molecule has 5 heteroatoms. The number of rotatable bonds is 1. The number of hydrogen-bond donors (Lipinski definition) is 0. The number of carbonyl (C=O) groups excluding carboxylic acids is 2. The molecule has 1 unspecified atom stereocenters. The van der Waals surface area contributed by atoms with E-state index in [9.17, 15) is 9.59 Å². The van der Waals surface area contributed by atoms with Crippen LogP contribution in [-0.4, -0.2) is 71.8 Å². The van der Waals surface area contributed by atoms with E-state index in [2.05, 4.69) is 11.9 Å². The maximum atomic E-state index is 12.6. The van der Waals surface area contributed by atoms with E-state index >= 15 is 0 Å². The van der Waals surface area contributed by atoms with Crippen LogP contribution in [-0.2, 0) is 9.59 Å². The molecule has 3 saturated heterocycles. The van der Waals surface area contributed by atoms with E-state index in [-0.39, 0.29) is 23.9 Å². The predicted octanol–water partition coefficient (Wildman–Crippen LogP) is 0.304. The quantitative estimate of drug-likeness (QED) is 0.685. The van der Waals surface area contributed by atoms with Crippen LogP contribution < -0.4 is 0 Å². The summed E-state index contributed by atoms with van der Waals surface area (Å²) >= 11 is 0. The van der Waals surface area contributed by atoms with Crippen molar-refractivity contribution in [2.75, 3.05) is 33.2 Å². The molecule has 3 aliphatic rings. The van der Waals surface area contributed by atoms with Gasteiger partial charge in [-0.05, 0) is 52.2 Å². The van der Waals surface area contributed by atoms with Gasteiger partial charge in [-0.25, -0.2) is 0 Å². The van der Waals surface area contributed by atoms with Crippen LogP contribution in [0.2, 0.25) is 0 Å². The summed E-state index contributed by atoms with van der Waals surface area (Å²) in [6, 6.07) is 0.117. The van der Waals surface area contributed by atoms with Crippen LogP contribution in [0.4, 0.5) is 0 Å². The predicted molar refractivity (Wildman–Crippen MR) is 71.6 cm³/mol. The Morgan fingerprint density at radius 2 is 1.68 bits per heavy atom. The Bertz CT molecular complexity index is 377. The van der Waals surface area contributed by atoms with Gasteiger partial charge in [0.15, 0.2) is 0 Å². The van der Waals surface area contributed by atoms with Gasteiger partial charge in [0, 0.05) is 12.6 Å². The fraction of sp³-hybridized carbons (Fsp3) is 0.857. The van der Waals surface area contributed by atoms with Crippen LogP contribution in [0.15, 0.2) is 0 Å². The van der Waals surface area contributed by atoms with Crippen molar-refractivity contribution in [1.29, 1.82) is 0 Å². The minimum Gasteiger partial charge on any atom is -0.329 e. The first-order chi connectivity index (χ1) is 9.16. The molecule has 3 heterocycles. The summed E-state index contributed by atoms with van der Waals surface area (Å²) in [7, 11) is 2.11. The lowest BCUT2D eigenvalue weighted by atomic mass is 9.95. The van der Waals surface area contributed by atoms with Gasteiger partial charge in [0.1, 0.15) is 12.6 Å². The summed E-state index contributed by atoms with van der Waals surface area (Å²) in [6.07, 6.45) is 4.98. The zero-order chi connectivity index (χ0) is 13.4. The first kappa shape index (κ1) is 12.9. The average Bonchev–Trinajstić information content (AvgIpc) is 2.44. The lowest BCUT2D eigenvalue weighted by Gasteiger charge is -2.46. The Morgan fingerprint density at radius 3 is 2.42 bits per heavy atom. The molecule has 2 amide bonds. The normalized spacial score (nSPS) is 30.7. The molecule has 0 saturated carbocycles. The number of piperidine rings is 2. The molecule has 0 aromatic heterocycles. The molecule has 0 aromatic carbocycles. The van der Waals surface area contributed by atoms with Crippen molar-refractivity contribution in [3.8, 4) is 0 Å². The number of carbonyl (C=O) groups is 2. The molecular weight excluding hydrogens is 242 g/mol. The van der Waals surface area contributed by atoms with Gasteiger partial charge in [0.2, 0.25) is 11.8 Å².